The van der Waals surface area contributed by atoms with Crippen molar-refractivity contribution in [1.82, 2.24) is 0 Å². The van der Waals surface area contributed by atoms with Gasteiger partial charge in [0, 0.05) is 11.9 Å². The van der Waals surface area contributed by atoms with Crippen LogP contribution in [0.4, 0.5) is 0 Å². The highest BCUT2D eigenvalue weighted by atomic mass is 14.7. The normalized spacial score (nSPS) is 20.4. The molecule has 1 nitrogen and oxygen atoms in total. The minimum atomic E-state index is 0.608. The molecule has 0 amide bonds. The van der Waals surface area contributed by atoms with Gasteiger partial charge in [0.1, 0.15) is 0 Å². The van der Waals surface area contributed by atoms with E-state index >= 15 is 0 Å². The van der Waals surface area contributed by atoms with Crippen LogP contribution in [0.3, 0.4) is 0 Å². The second kappa shape index (κ2) is 5.81. The van der Waals surface area contributed by atoms with Crippen LogP contribution in [-0.2, 0) is 0 Å². The number of hydrogen-bond acceptors (Lipinski definition) is 1. The summed E-state index contributed by atoms with van der Waals surface area (Å²) in [4.78, 5) is 4.68. The summed E-state index contributed by atoms with van der Waals surface area (Å²) in [7, 11) is 0. The molecule has 2 rings (SSSR count). The molecule has 0 saturated carbocycles. The predicted molar refractivity (Wildman–Crippen MR) is 78.9 cm³/mol. The first-order valence-corrected chi connectivity index (χ1v) is 6.60. The van der Waals surface area contributed by atoms with Crippen molar-refractivity contribution in [3.63, 3.8) is 0 Å². The molecule has 1 aliphatic rings. The Bertz CT molecular complexity index is 480. The molecule has 0 fully saturated rings. The van der Waals surface area contributed by atoms with Gasteiger partial charge in [-0.05, 0) is 44.6 Å². The Kier molecular flexibility index (Phi) is 4.14. The summed E-state index contributed by atoms with van der Waals surface area (Å²) < 4.78 is 0. The van der Waals surface area contributed by atoms with Gasteiger partial charge in [0.15, 0.2) is 0 Å². The van der Waals surface area contributed by atoms with Crippen LogP contribution >= 0.6 is 0 Å². The van der Waals surface area contributed by atoms with Crippen molar-refractivity contribution in [3.8, 4) is 0 Å². The Morgan fingerprint density at radius 1 is 1.33 bits per heavy atom. The van der Waals surface area contributed by atoms with Gasteiger partial charge < -0.3 is 0 Å². The van der Waals surface area contributed by atoms with Crippen molar-refractivity contribution in [2.24, 2.45) is 10.9 Å². The van der Waals surface area contributed by atoms with Gasteiger partial charge in [-0.1, -0.05) is 48.1 Å². The van der Waals surface area contributed by atoms with E-state index in [0.717, 1.165) is 18.4 Å². The molecule has 0 N–H and O–H groups in total. The molecule has 1 heteroatoms. The molecule has 0 radical (unpaired) electrons. The number of hydrogen-bond donors (Lipinski definition) is 0. The van der Waals surface area contributed by atoms with Gasteiger partial charge in [-0.2, -0.15) is 0 Å². The molecule has 1 aromatic rings. The topological polar surface area (TPSA) is 12.4 Å². The standard InChI is InChI=1S/C17H21N/c1-13(2)16-10-9-14(3)17(11-16)18-12-15-7-5-4-6-8-15/h4-8,12,16H,1,9-11H2,2-3H3. The summed E-state index contributed by atoms with van der Waals surface area (Å²) in [5, 5.41) is 0. The Morgan fingerprint density at radius 2 is 2.06 bits per heavy atom. The van der Waals surface area contributed by atoms with Gasteiger partial charge in [0.25, 0.3) is 0 Å². The monoisotopic (exact) mass is 239 g/mol. The minimum absolute atomic E-state index is 0.608. The first-order chi connectivity index (χ1) is 8.66. The fourth-order valence-electron chi connectivity index (χ4n) is 2.32. The number of nitrogens with zero attached hydrogens (tertiary/aromatic N) is 1. The van der Waals surface area contributed by atoms with E-state index in [4.69, 9.17) is 0 Å². The second-order valence-electron chi connectivity index (χ2n) is 5.18. The van der Waals surface area contributed by atoms with Gasteiger partial charge in [-0.25, -0.2) is 0 Å². The van der Waals surface area contributed by atoms with E-state index in [1.807, 2.05) is 24.4 Å². The van der Waals surface area contributed by atoms with Crippen LogP contribution in [0.15, 0.2) is 58.7 Å². The maximum atomic E-state index is 4.68. The first-order valence-electron chi connectivity index (χ1n) is 6.60. The van der Waals surface area contributed by atoms with E-state index in [2.05, 4.69) is 37.6 Å². The molecule has 0 saturated heterocycles. The molecule has 1 atom stereocenters. The molecule has 18 heavy (non-hydrogen) atoms. The van der Waals surface area contributed by atoms with Crippen LogP contribution in [0.5, 0.6) is 0 Å². The summed E-state index contributed by atoms with van der Waals surface area (Å²) in [5.41, 5.74) is 5.13. The fraction of sp³-hybridized carbons (Fsp3) is 0.353. The van der Waals surface area contributed by atoms with Gasteiger partial charge in [-0.15, -0.1) is 0 Å². The molecule has 0 bridgehead atoms. The quantitative estimate of drug-likeness (QED) is 0.533. The lowest BCUT2D eigenvalue weighted by molar-refractivity contribution is 0.518. The third-order valence-corrected chi connectivity index (χ3v) is 3.67. The molecule has 1 aliphatic carbocycles. The number of rotatable bonds is 3. The molecule has 1 aromatic carbocycles. The third kappa shape index (κ3) is 3.19. The molecule has 1 unspecified atom stereocenters. The zero-order valence-electron chi connectivity index (χ0n) is 11.3. The Balaban J connectivity index is 2.12. The van der Waals surface area contributed by atoms with Crippen LogP contribution in [0.2, 0.25) is 0 Å². The van der Waals surface area contributed by atoms with Gasteiger partial charge >= 0.3 is 0 Å². The maximum Gasteiger partial charge on any atom is 0.0399 e. The van der Waals surface area contributed by atoms with Crippen LogP contribution in [0.1, 0.15) is 38.7 Å². The van der Waals surface area contributed by atoms with Crippen LogP contribution in [0.25, 0.3) is 0 Å². The average Bonchev–Trinajstić information content (AvgIpc) is 2.38. The number of aliphatic imine (C=N–C) groups is 1. The zero-order valence-corrected chi connectivity index (χ0v) is 11.3. The van der Waals surface area contributed by atoms with Crippen LogP contribution in [-0.4, -0.2) is 6.21 Å². The number of benzene rings is 1. The summed E-state index contributed by atoms with van der Waals surface area (Å²) >= 11 is 0. The first kappa shape index (κ1) is 12.8. The van der Waals surface area contributed by atoms with Crippen LogP contribution < -0.4 is 0 Å². The van der Waals surface area contributed by atoms with Crippen molar-refractivity contribution in [1.29, 1.82) is 0 Å². The fourth-order valence-corrected chi connectivity index (χ4v) is 2.32. The van der Waals surface area contributed by atoms with Crippen molar-refractivity contribution < 1.29 is 0 Å². The largest absolute Gasteiger partial charge is 0.261 e. The number of allylic oxidation sites excluding steroid dienone is 3. The lowest BCUT2D eigenvalue weighted by Crippen LogP contribution is -2.09. The zero-order chi connectivity index (χ0) is 13.0. The maximum absolute atomic E-state index is 4.68. The van der Waals surface area contributed by atoms with E-state index in [9.17, 15) is 0 Å². The summed E-state index contributed by atoms with van der Waals surface area (Å²) in [5.74, 6) is 0.608. The van der Waals surface area contributed by atoms with E-state index in [1.165, 1.54) is 23.3 Å². The average molecular weight is 239 g/mol. The SMILES string of the molecule is C=C(C)C1CCC(C)=C(N=Cc2ccccc2)C1. The van der Waals surface area contributed by atoms with Crippen molar-refractivity contribution >= 4 is 6.21 Å². The summed E-state index contributed by atoms with van der Waals surface area (Å²) in [6.45, 7) is 8.41. The van der Waals surface area contributed by atoms with Gasteiger partial charge in [-0.3, -0.25) is 4.99 Å². The lowest BCUT2D eigenvalue weighted by Gasteiger charge is -2.24. The van der Waals surface area contributed by atoms with Crippen molar-refractivity contribution in [3.05, 3.63) is 59.3 Å². The summed E-state index contributed by atoms with van der Waals surface area (Å²) in [6, 6.07) is 10.3. The Labute approximate surface area is 110 Å². The highest BCUT2D eigenvalue weighted by Gasteiger charge is 2.18. The van der Waals surface area contributed by atoms with Gasteiger partial charge in [0.2, 0.25) is 0 Å². The van der Waals surface area contributed by atoms with Crippen molar-refractivity contribution in [2.75, 3.05) is 0 Å². The molecular formula is C17H21N. The Morgan fingerprint density at radius 3 is 2.72 bits per heavy atom. The second-order valence-corrected chi connectivity index (χ2v) is 5.18. The molecule has 94 valence electrons. The molecular weight excluding hydrogens is 218 g/mol. The van der Waals surface area contributed by atoms with Crippen LogP contribution in [0, 0.1) is 5.92 Å². The highest BCUT2D eigenvalue weighted by Crippen LogP contribution is 2.33. The molecule has 0 aliphatic heterocycles. The van der Waals surface area contributed by atoms with E-state index in [1.54, 1.807) is 0 Å². The van der Waals surface area contributed by atoms with Crippen molar-refractivity contribution in [2.45, 2.75) is 33.1 Å². The molecule has 0 heterocycles. The van der Waals surface area contributed by atoms with E-state index < -0.39 is 0 Å². The van der Waals surface area contributed by atoms with E-state index in [-0.39, 0.29) is 0 Å². The van der Waals surface area contributed by atoms with E-state index in [0.29, 0.717) is 5.92 Å². The predicted octanol–water partition coefficient (Wildman–Crippen LogP) is 4.76. The molecule has 0 aromatic heterocycles. The smallest absolute Gasteiger partial charge is 0.0399 e. The molecule has 0 spiro atoms. The summed E-state index contributed by atoms with van der Waals surface area (Å²) in [6.07, 6.45) is 5.40. The lowest BCUT2D eigenvalue weighted by atomic mass is 9.84. The minimum Gasteiger partial charge on any atom is -0.261 e. The van der Waals surface area contributed by atoms with Gasteiger partial charge in [0.05, 0.1) is 0 Å². The Hall–Kier alpha value is -1.63. The highest BCUT2D eigenvalue weighted by molar-refractivity contribution is 5.80. The third-order valence-electron chi connectivity index (χ3n) is 3.67.